The first-order valence-electron chi connectivity index (χ1n) is 7.28. The second-order valence-corrected chi connectivity index (χ2v) is 4.76. The molecule has 2 N–H and O–H groups in total. The molecule has 0 aliphatic rings. The Balaban J connectivity index is 2.10. The fourth-order valence-electron chi connectivity index (χ4n) is 1.74. The Bertz CT molecular complexity index is 367. The van der Waals surface area contributed by atoms with Gasteiger partial charge in [0.05, 0.1) is 6.61 Å². The SMILES string of the molecule is CCCCOCCOC(=O)[C@@H](N)CCc1ccccc1. The zero-order valence-corrected chi connectivity index (χ0v) is 12.2. The molecule has 0 aliphatic carbocycles. The van der Waals surface area contributed by atoms with E-state index in [4.69, 9.17) is 15.2 Å². The summed E-state index contributed by atoms with van der Waals surface area (Å²) in [5.41, 5.74) is 6.99. The molecule has 0 heterocycles. The number of esters is 1. The first-order valence-corrected chi connectivity index (χ1v) is 7.28. The normalized spacial score (nSPS) is 12.1. The van der Waals surface area contributed by atoms with Gasteiger partial charge in [-0.05, 0) is 24.8 Å². The molecule has 0 saturated heterocycles. The minimum Gasteiger partial charge on any atom is -0.462 e. The van der Waals surface area contributed by atoms with Crippen LogP contribution in [0.25, 0.3) is 0 Å². The predicted molar refractivity (Wildman–Crippen MR) is 79.4 cm³/mol. The Hall–Kier alpha value is -1.39. The Morgan fingerprint density at radius 3 is 2.65 bits per heavy atom. The van der Waals surface area contributed by atoms with E-state index in [0.717, 1.165) is 19.3 Å². The minimum absolute atomic E-state index is 0.279. The molecule has 0 unspecified atom stereocenters. The molecule has 0 spiro atoms. The van der Waals surface area contributed by atoms with E-state index in [1.165, 1.54) is 5.56 Å². The number of nitrogens with two attached hydrogens (primary N) is 1. The van der Waals surface area contributed by atoms with E-state index in [1.54, 1.807) is 0 Å². The summed E-state index contributed by atoms with van der Waals surface area (Å²) < 4.78 is 10.4. The van der Waals surface area contributed by atoms with Crippen molar-refractivity contribution in [3.8, 4) is 0 Å². The van der Waals surface area contributed by atoms with Gasteiger partial charge in [-0.15, -0.1) is 0 Å². The standard InChI is InChI=1S/C16H25NO3/c1-2-3-11-19-12-13-20-16(18)15(17)10-9-14-7-5-4-6-8-14/h4-8,15H,2-3,9-13,17H2,1H3/t15-/m0/s1. The van der Waals surface area contributed by atoms with Crippen molar-refractivity contribution in [3.05, 3.63) is 35.9 Å². The number of unbranched alkanes of at least 4 members (excludes halogenated alkanes) is 1. The third kappa shape index (κ3) is 7.26. The minimum atomic E-state index is -0.564. The predicted octanol–water partition coefficient (Wildman–Crippen LogP) is 2.31. The number of hydrogen-bond donors (Lipinski definition) is 1. The van der Waals surface area contributed by atoms with Crippen LogP contribution in [0.4, 0.5) is 0 Å². The Morgan fingerprint density at radius 2 is 1.95 bits per heavy atom. The zero-order chi connectivity index (χ0) is 14.6. The molecule has 0 fully saturated rings. The van der Waals surface area contributed by atoms with Crippen molar-refractivity contribution < 1.29 is 14.3 Å². The molecule has 0 bridgehead atoms. The van der Waals surface area contributed by atoms with Crippen molar-refractivity contribution >= 4 is 5.97 Å². The van der Waals surface area contributed by atoms with Crippen molar-refractivity contribution in [1.82, 2.24) is 0 Å². The highest BCUT2D eigenvalue weighted by atomic mass is 16.6. The van der Waals surface area contributed by atoms with Gasteiger partial charge in [-0.3, -0.25) is 4.79 Å². The molecule has 0 aliphatic heterocycles. The van der Waals surface area contributed by atoms with E-state index in [0.29, 0.717) is 19.6 Å². The number of carbonyl (C=O) groups excluding carboxylic acids is 1. The van der Waals surface area contributed by atoms with Gasteiger partial charge < -0.3 is 15.2 Å². The highest BCUT2D eigenvalue weighted by molar-refractivity contribution is 5.75. The molecule has 0 amide bonds. The van der Waals surface area contributed by atoms with Crippen molar-refractivity contribution in [2.45, 2.75) is 38.6 Å². The lowest BCUT2D eigenvalue weighted by Crippen LogP contribution is -2.33. The van der Waals surface area contributed by atoms with Crippen molar-refractivity contribution in [2.75, 3.05) is 19.8 Å². The monoisotopic (exact) mass is 279 g/mol. The molecular formula is C16H25NO3. The van der Waals surface area contributed by atoms with Crippen LogP contribution < -0.4 is 5.73 Å². The van der Waals surface area contributed by atoms with Crippen molar-refractivity contribution in [1.29, 1.82) is 0 Å². The summed E-state index contributed by atoms with van der Waals surface area (Å²) in [6.07, 6.45) is 3.51. The summed E-state index contributed by atoms with van der Waals surface area (Å²) in [7, 11) is 0. The molecule has 1 atom stereocenters. The van der Waals surface area contributed by atoms with Crippen LogP contribution in [0, 0.1) is 0 Å². The van der Waals surface area contributed by atoms with Gasteiger partial charge in [0, 0.05) is 6.61 Å². The quantitative estimate of drug-likeness (QED) is 0.527. The van der Waals surface area contributed by atoms with Gasteiger partial charge in [-0.1, -0.05) is 43.7 Å². The van der Waals surface area contributed by atoms with Gasteiger partial charge in [0.1, 0.15) is 12.6 Å². The van der Waals surface area contributed by atoms with Crippen LogP contribution in [0.1, 0.15) is 31.7 Å². The number of ether oxygens (including phenoxy) is 2. The van der Waals surface area contributed by atoms with E-state index >= 15 is 0 Å². The second kappa shape index (κ2) is 10.4. The van der Waals surface area contributed by atoms with Crippen LogP contribution in [0.5, 0.6) is 0 Å². The number of hydrogen-bond acceptors (Lipinski definition) is 4. The molecule has 1 rings (SSSR count). The van der Waals surface area contributed by atoms with Gasteiger partial charge in [-0.25, -0.2) is 0 Å². The highest BCUT2D eigenvalue weighted by Gasteiger charge is 2.14. The van der Waals surface area contributed by atoms with Crippen LogP contribution >= 0.6 is 0 Å². The van der Waals surface area contributed by atoms with Crippen LogP contribution in [0.3, 0.4) is 0 Å². The van der Waals surface area contributed by atoms with Crippen LogP contribution in [0.2, 0.25) is 0 Å². The molecule has 0 saturated carbocycles. The molecule has 4 nitrogen and oxygen atoms in total. The summed E-state index contributed by atoms with van der Waals surface area (Å²) in [4.78, 5) is 11.7. The second-order valence-electron chi connectivity index (χ2n) is 4.76. The lowest BCUT2D eigenvalue weighted by atomic mass is 10.1. The lowest BCUT2D eigenvalue weighted by molar-refractivity contribution is -0.146. The summed E-state index contributed by atoms with van der Waals surface area (Å²) in [5, 5.41) is 0. The number of rotatable bonds is 10. The molecule has 4 heteroatoms. The third-order valence-corrected chi connectivity index (χ3v) is 3.00. The largest absolute Gasteiger partial charge is 0.462 e. The zero-order valence-electron chi connectivity index (χ0n) is 12.2. The van der Waals surface area contributed by atoms with E-state index in [1.807, 2.05) is 30.3 Å². The average Bonchev–Trinajstić information content (AvgIpc) is 2.49. The average molecular weight is 279 g/mol. The number of benzene rings is 1. The smallest absolute Gasteiger partial charge is 0.323 e. The number of carbonyl (C=O) groups is 1. The molecular weight excluding hydrogens is 254 g/mol. The first-order chi connectivity index (χ1) is 9.74. The van der Waals surface area contributed by atoms with E-state index in [-0.39, 0.29) is 12.6 Å². The topological polar surface area (TPSA) is 61.5 Å². The van der Waals surface area contributed by atoms with Gasteiger partial charge in [0.2, 0.25) is 0 Å². The molecule has 1 aromatic rings. The summed E-state index contributed by atoms with van der Waals surface area (Å²) in [5.74, 6) is -0.347. The summed E-state index contributed by atoms with van der Waals surface area (Å²) in [6, 6.07) is 9.42. The van der Waals surface area contributed by atoms with Crippen LogP contribution in [-0.2, 0) is 20.7 Å². The van der Waals surface area contributed by atoms with Gasteiger partial charge in [-0.2, -0.15) is 0 Å². The fraction of sp³-hybridized carbons (Fsp3) is 0.562. The Morgan fingerprint density at radius 1 is 1.20 bits per heavy atom. The Labute approximate surface area is 121 Å². The maximum Gasteiger partial charge on any atom is 0.323 e. The van der Waals surface area contributed by atoms with Crippen molar-refractivity contribution in [3.63, 3.8) is 0 Å². The molecule has 0 aromatic heterocycles. The Kier molecular flexibility index (Phi) is 8.67. The van der Waals surface area contributed by atoms with E-state index in [9.17, 15) is 4.79 Å². The molecule has 112 valence electrons. The maximum absolute atomic E-state index is 11.7. The van der Waals surface area contributed by atoms with Gasteiger partial charge >= 0.3 is 5.97 Å². The number of aryl methyl sites for hydroxylation is 1. The highest BCUT2D eigenvalue weighted by Crippen LogP contribution is 2.04. The van der Waals surface area contributed by atoms with E-state index in [2.05, 4.69) is 6.92 Å². The fourth-order valence-corrected chi connectivity index (χ4v) is 1.74. The maximum atomic E-state index is 11.7. The van der Waals surface area contributed by atoms with Gasteiger partial charge in [0.15, 0.2) is 0 Å². The third-order valence-electron chi connectivity index (χ3n) is 3.00. The van der Waals surface area contributed by atoms with Crippen molar-refractivity contribution in [2.24, 2.45) is 5.73 Å². The first kappa shape index (κ1) is 16.7. The van der Waals surface area contributed by atoms with Gasteiger partial charge in [0.25, 0.3) is 0 Å². The van der Waals surface area contributed by atoms with Crippen LogP contribution in [-0.4, -0.2) is 31.8 Å². The summed E-state index contributed by atoms with van der Waals surface area (Å²) >= 11 is 0. The molecule has 0 radical (unpaired) electrons. The lowest BCUT2D eigenvalue weighted by Gasteiger charge is -2.11. The summed E-state index contributed by atoms with van der Waals surface area (Å²) in [6.45, 7) is 3.54. The molecule has 20 heavy (non-hydrogen) atoms. The van der Waals surface area contributed by atoms with Crippen LogP contribution in [0.15, 0.2) is 30.3 Å². The molecule has 1 aromatic carbocycles. The van der Waals surface area contributed by atoms with E-state index < -0.39 is 6.04 Å².